The van der Waals surface area contributed by atoms with Crippen molar-refractivity contribution >= 4 is 28.7 Å². The monoisotopic (exact) mass is 356 g/mol. The van der Waals surface area contributed by atoms with E-state index in [1.807, 2.05) is 41.8 Å². The fourth-order valence-electron chi connectivity index (χ4n) is 3.16. The number of methoxy groups -OCH3 is 1. The van der Waals surface area contributed by atoms with E-state index in [0.717, 1.165) is 21.8 Å². The number of carbonyl (C=O) groups is 2. The maximum absolute atomic E-state index is 12.7. The Morgan fingerprint density at radius 1 is 1.24 bits per heavy atom. The Hall–Kier alpha value is -2.40. The van der Waals surface area contributed by atoms with Gasteiger partial charge in [-0.05, 0) is 54.1 Å². The number of hydrogen-bond acceptors (Lipinski definition) is 5. The van der Waals surface area contributed by atoms with E-state index in [2.05, 4.69) is 0 Å². The summed E-state index contributed by atoms with van der Waals surface area (Å²) in [7, 11) is 1.62. The molecule has 0 saturated heterocycles. The average molecular weight is 356 g/mol. The van der Waals surface area contributed by atoms with Crippen molar-refractivity contribution in [3.8, 4) is 5.75 Å². The molecule has 130 valence electrons. The Morgan fingerprint density at radius 3 is 2.60 bits per heavy atom. The summed E-state index contributed by atoms with van der Waals surface area (Å²) in [6.07, 6.45) is 2.22. The highest BCUT2D eigenvalue weighted by molar-refractivity contribution is 7.10. The van der Waals surface area contributed by atoms with Crippen molar-refractivity contribution in [2.75, 3.05) is 13.7 Å². The zero-order valence-electron chi connectivity index (χ0n) is 14.2. The molecule has 5 heteroatoms. The third-order valence-electron chi connectivity index (χ3n) is 4.38. The number of ketones is 1. The van der Waals surface area contributed by atoms with Gasteiger partial charge in [-0.25, -0.2) is 0 Å². The van der Waals surface area contributed by atoms with E-state index in [-0.39, 0.29) is 18.3 Å². The van der Waals surface area contributed by atoms with Crippen LogP contribution < -0.4 is 4.74 Å². The Kier molecular flexibility index (Phi) is 5.34. The molecule has 2 aromatic rings. The van der Waals surface area contributed by atoms with Gasteiger partial charge in [-0.3, -0.25) is 9.59 Å². The van der Waals surface area contributed by atoms with Crippen LogP contribution in [0.3, 0.4) is 0 Å². The lowest BCUT2D eigenvalue weighted by Crippen LogP contribution is -2.33. The van der Waals surface area contributed by atoms with Crippen molar-refractivity contribution in [2.24, 2.45) is 5.92 Å². The van der Waals surface area contributed by atoms with Gasteiger partial charge in [0.25, 0.3) is 0 Å². The number of allylic oxidation sites excluding steroid dienone is 2. The van der Waals surface area contributed by atoms with Crippen LogP contribution in [-0.4, -0.2) is 25.5 Å². The first-order chi connectivity index (χ1) is 12.1. The molecule has 0 spiro atoms. The predicted molar refractivity (Wildman–Crippen MR) is 97.8 cm³/mol. The minimum absolute atomic E-state index is 0.186. The van der Waals surface area contributed by atoms with Crippen molar-refractivity contribution < 1.29 is 19.1 Å². The van der Waals surface area contributed by atoms with Crippen LogP contribution in [0, 0.1) is 5.92 Å². The summed E-state index contributed by atoms with van der Waals surface area (Å²) < 4.78 is 10.3. The van der Waals surface area contributed by atoms with E-state index in [9.17, 15) is 9.59 Å². The largest absolute Gasteiger partial charge is 0.497 e. The lowest BCUT2D eigenvalue weighted by Gasteiger charge is -2.28. The summed E-state index contributed by atoms with van der Waals surface area (Å²) >= 11 is 1.57. The second-order valence-corrected chi connectivity index (χ2v) is 6.84. The molecular weight excluding hydrogens is 336 g/mol. The number of carbonyl (C=O) groups excluding carboxylic acids is 2. The summed E-state index contributed by atoms with van der Waals surface area (Å²) in [6.45, 7) is 2.03. The summed E-state index contributed by atoms with van der Waals surface area (Å²) in [5.41, 5.74) is 1.91. The van der Waals surface area contributed by atoms with Crippen LogP contribution in [0.25, 0.3) is 5.57 Å². The number of esters is 1. The fraction of sp³-hybridized carbons (Fsp3) is 0.300. The maximum atomic E-state index is 12.7. The molecule has 0 saturated carbocycles. The van der Waals surface area contributed by atoms with Gasteiger partial charge in [0, 0.05) is 10.8 Å². The first-order valence-corrected chi connectivity index (χ1v) is 9.11. The van der Waals surface area contributed by atoms with Crippen LogP contribution in [0.1, 0.15) is 29.7 Å². The SMILES string of the molecule is CCOC(=O)[C@@H]1C(=O)C=C(c2ccc(OC)cc2)C[C@H]1c1cccs1. The Balaban J connectivity index is 1.96. The molecule has 0 aliphatic heterocycles. The highest BCUT2D eigenvalue weighted by Crippen LogP contribution is 2.42. The molecule has 0 fully saturated rings. The molecular formula is C20H20O4S. The van der Waals surface area contributed by atoms with E-state index < -0.39 is 11.9 Å². The van der Waals surface area contributed by atoms with E-state index in [1.165, 1.54) is 0 Å². The van der Waals surface area contributed by atoms with Gasteiger partial charge >= 0.3 is 5.97 Å². The zero-order valence-corrected chi connectivity index (χ0v) is 15.0. The highest BCUT2D eigenvalue weighted by atomic mass is 32.1. The number of benzene rings is 1. The van der Waals surface area contributed by atoms with E-state index in [4.69, 9.17) is 9.47 Å². The number of hydrogen-bond donors (Lipinski definition) is 0. The quantitative estimate of drug-likeness (QED) is 0.598. The van der Waals surface area contributed by atoms with E-state index in [1.54, 1.807) is 31.4 Å². The molecule has 0 bridgehead atoms. The van der Waals surface area contributed by atoms with Crippen molar-refractivity contribution in [3.05, 3.63) is 58.3 Å². The van der Waals surface area contributed by atoms with Gasteiger partial charge in [0.15, 0.2) is 5.78 Å². The van der Waals surface area contributed by atoms with Gasteiger partial charge in [0.2, 0.25) is 0 Å². The van der Waals surface area contributed by atoms with Crippen molar-refractivity contribution in [1.82, 2.24) is 0 Å². The smallest absolute Gasteiger partial charge is 0.317 e. The first-order valence-electron chi connectivity index (χ1n) is 8.23. The normalized spacial score (nSPS) is 20.1. The molecule has 4 nitrogen and oxygen atoms in total. The Bertz CT molecular complexity index is 775. The second kappa shape index (κ2) is 7.66. The van der Waals surface area contributed by atoms with Crippen LogP contribution in [0.5, 0.6) is 5.75 Å². The maximum Gasteiger partial charge on any atom is 0.317 e. The molecule has 3 rings (SSSR count). The third kappa shape index (κ3) is 3.66. The van der Waals surface area contributed by atoms with Gasteiger partial charge in [-0.1, -0.05) is 18.2 Å². The molecule has 1 heterocycles. The van der Waals surface area contributed by atoms with Crippen molar-refractivity contribution in [3.63, 3.8) is 0 Å². The van der Waals surface area contributed by atoms with E-state index >= 15 is 0 Å². The van der Waals surface area contributed by atoms with Gasteiger partial charge in [-0.15, -0.1) is 11.3 Å². The molecule has 0 amide bonds. The number of rotatable bonds is 5. The molecule has 1 aliphatic rings. The predicted octanol–water partition coefficient (Wildman–Crippen LogP) is 4.08. The van der Waals surface area contributed by atoms with Crippen LogP contribution in [0.4, 0.5) is 0 Å². The molecule has 0 unspecified atom stereocenters. The van der Waals surface area contributed by atoms with Gasteiger partial charge in [0.1, 0.15) is 11.7 Å². The van der Waals surface area contributed by atoms with Crippen LogP contribution in [0.2, 0.25) is 0 Å². The summed E-state index contributed by atoms with van der Waals surface area (Å²) in [6, 6.07) is 11.5. The molecule has 25 heavy (non-hydrogen) atoms. The Morgan fingerprint density at radius 2 is 2.00 bits per heavy atom. The van der Waals surface area contributed by atoms with E-state index in [0.29, 0.717) is 6.42 Å². The number of thiophene rings is 1. The second-order valence-electron chi connectivity index (χ2n) is 5.86. The minimum Gasteiger partial charge on any atom is -0.497 e. The zero-order chi connectivity index (χ0) is 17.8. The molecule has 1 aromatic heterocycles. The van der Waals surface area contributed by atoms with Crippen molar-refractivity contribution in [2.45, 2.75) is 19.3 Å². The van der Waals surface area contributed by atoms with Gasteiger partial charge in [0.05, 0.1) is 13.7 Å². The molecule has 0 radical (unpaired) electrons. The van der Waals surface area contributed by atoms with Gasteiger partial charge < -0.3 is 9.47 Å². The van der Waals surface area contributed by atoms with Crippen LogP contribution in [-0.2, 0) is 14.3 Å². The highest BCUT2D eigenvalue weighted by Gasteiger charge is 2.40. The van der Waals surface area contributed by atoms with Crippen LogP contribution >= 0.6 is 11.3 Å². The summed E-state index contributed by atoms with van der Waals surface area (Å²) in [4.78, 5) is 26.1. The summed E-state index contributed by atoms with van der Waals surface area (Å²) in [5, 5.41) is 1.97. The first kappa shape index (κ1) is 17.4. The summed E-state index contributed by atoms with van der Waals surface area (Å²) in [5.74, 6) is -0.801. The minimum atomic E-state index is -0.763. The molecule has 2 atom stereocenters. The fourth-order valence-corrected chi connectivity index (χ4v) is 4.02. The Labute approximate surface area is 151 Å². The number of ether oxygens (including phenoxy) is 2. The standard InChI is InChI=1S/C20H20O4S/c1-3-24-20(22)19-16(18-5-4-10-25-18)11-14(12-17(19)21)13-6-8-15(23-2)9-7-13/h4-10,12,16,19H,3,11H2,1-2H3/t16-,19-/m0/s1. The molecule has 1 aliphatic carbocycles. The lowest BCUT2D eigenvalue weighted by atomic mass is 9.76. The molecule has 0 N–H and O–H groups in total. The van der Waals surface area contributed by atoms with Gasteiger partial charge in [-0.2, -0.15) is 0 Å². The topological polar surface area (TPSA) is 52.6 Å². The van der Waals surface area contributed by atoms with Crippen molar-refractivity contribution in [1.29, 1.82) is 0 Å². The lowest BCUT2D eigenvalue weighted by molar-refractivity contribution is -0.151. The average Bonchev–Trinajstić information content (AvgIpc) is 3.16. The van der Waals surface area contributed by atoms with Crippen LogP contribution in [0.15, 0.2) is 47.9 Å². The third-order valence-corrected chi connectivity index (χ3v) is 5.38. The molecule has 1 aromatic carbocycles.